The van der Waals surface area contributed by atoms with Crippen LogP contribution in [0.15, 0.2) is 66.1 Å². The predicted molar refractivity (Wildman–Crippen MR) is 127 cm³/mol. The largest absolute Gasteiger partial charge is 0.493 e. The van der Waals surface area contributed by atoms with Crippen molar-refractivity contribution in [3.63, 3.8) is 0 Å². The number of nitrogens with zero attached hydrogens (tertiary/aromatic N) is 3. The van der Waals surface area contributed by atoms with Crippen LogP contribution < -0.4 is 14.8 Å². The van der Waals surface area contributed by atoms with Crippen molar-refractivity contribution in [1.82, 2.24) is 14.8 Å². The highest BCUT2D eigenvalue weighted by Gasteiger charge is 2.15. The van der Waals surface area contributed by atoms with E-state index >= 15 is 0 Å². The van der Waals surface area contributed by atoms with Gasteiger partial charge >= 0.3 is 0 Å². The van der Waals surface area contributed by atoms with E-state index in [0.29, 0.717) is 22.4 Å². The lowest BCUT2D eigenvalue weighted by molar-refractivity contribution is -0.111. The number of aromatic nitrogens is 3. The monoisotopic (exact) mass is 446 g/mol. The van der Waals surface area contributed by atoms with Crippen molar-refractivity contribution < 1.29 is 14.3 Å². The first-order valence-electron chi connectivity index (χ1n) is 9.86. The Morgan fingerprint density at radius 1 is 1.06 bits per heavy atom. The summed E-state index contributed by atoms with van der Waals surface area (Å²) in [5.41, 5.74) is 3.40. The molecule has 0 atom stereocenters. The average Bonchev–Trinajstić information content (AvgIpc) is 3.44. The molecule has 0 saturated carbocycles. The molecule has 0 unspecified atom stereocenters. The van der Waals surface area contributed by atoms with E-state index in [2.05, 4.69) is 10.4 Å². The Balaban J connectivity index is 1.56. The van der Waals surface area contributed by atoms with Crippen LogP contribution in [0.3, 0.4) is 0 Å². The van der Waals surface area contributed by atoms with Crippen molar-refractivity contribution in [3.8, 4) is 27.9 Å². The van der Waals surface area contributed by atoms with Gasteiger partial charge in [0, 0.05) is 23.1 Å². The Labute approximate surface area is 190 Å². The number of hydrogen-bond acceptors (Lipinski definition) is 6. The van der Waals surface area contributed by atoms with Crippen LogP contribution in [0.1, 0.15) is 11.3 Å². The van der Waals surface area contributed by atoms with Crippen molar-refractivity contribution in [2.75, 3.05) is 19.5 Å². The molecule has 0 fully saturated rings. The zero-order chi connectivity index (χ0) is 22.5. The summed E-state index contributed by atoms with van der Waals surface area (Å²) < 4.78 is 12.3. The Morgan fingerprint density at radius 3 is 2.59 bits per heavy atom. The van der Waals surface area contributed by atoms with Crippen LogP contribution in [0.2, 0.25) is 0 Å². The molecule has 162 valence electrons. The summed E-state index contributed by atoms with van der Waals surface area (Å²) in [7, 11) is 3.20. The number of methoxy groups -OCH3 is 2. The summed E-state index contributed by atoms with van der Waals surface area (Å²) in [5, 5.41) is 9.97. The van der Waals surface area contributed by atoms with Gasteiger partial charge in [-0.3, -0.25) is 4.79 Å². The summed E-state index contributed by atoms with van der Waals surface area (Å²) in [6.07, 6.45) is 3.26. The first-order valence-corrected chi connectivity index (χ1v) is 10.7. The Morgan fingerprint density at radius 2 is 1.84 bits per heavy atom. The molecule has 0 aliphatic heterocycles. The number of amides is 1. The molecule has 4 aromatic rings. The lowest BCUT2D eigenvalue weighted by Crippen LogP contribution is -2.12. The van der Waals surface area contributed by atoms with Crippen LogP contribution >= 0.6 is 11.3 Å². The van der Waals surface area contributed by atoms with Gasteiger partial charge in [0.25, 0.3) is 0 Å². The second-order valence-electron chi connectivity index (χ2n) is 6.90. The quantitative estimate of drug-likeness (QED) is 0.406. The van der Waals surface area contributed by atoms with Crippen LogP contribution in [-0.4, -0.2) is 34.9 Å². The maximum atomic E-state index is 12.5. The normalized spacial score (nSPS) is 11.0. The smallest absolute Gasteiger partial charge is 0.249 e. The molecule has 2 aromatic carbocycles. The lowest BCUT2D eigenvalue weighted by atomic mass is 10.1. The van der Waals surface area contributed by atoms with E-state index in [4.69, 9.17) is 14.5 Å². The van der Waals surface area contributed by atoms with Crippen molar-refractivity contribution in [2.45, 2.75) is 6.92 Å². The molecule has 0 bridgehead atoms. The summed E-state index contributed by atoms with van der Waals surface area (Å²) >= 11 is 1.43. The van der Waals surface area contributed by atoms with Crippen molar-refractivity contribution in [3.05, 3.63) is 77.3 Å². The molecule has 0 saturated heterocycles. The van der Waals surface area contributed by atoms with E-state index in [1.807, 2.05) is 66.9 Å². The standard InChI is InChI=1S/C24H22N4O3S/c1-16-13-22(26-23(29)12-9-17-7-5-4-6-8-17)28(27-16)24-25-19(15-32-24)18-10-11-20(30-2)21(14-18)31-3/h4-15H,1-3H3,(H,26,29)/b12-9+. The Bertz CT molecular complexity index is 1260. The minimum absolute atomic E-state index is 0.244. The first kappa shape index (κ1) is 21.3. The molecule has 4 rings (SSSR count). The molecule has 8 heteroatoms. The third-order valence-corrected chi connectivity index (χ3v) is 5.48. The molecule has 32 heavy (non-hydrogen) atoms. The molecule has 0 radical (unpaired) electrons. The molecule has 1 amide bonds. The number of aryl methyl sites for hydroxylation is 1. The van der Waals surface area contributed by atoms with Crippen molar-refractivity contribution >= 4 is 29.1 Å². The first-order chi connectivity index (χ1) is 15.6. The number of anilines is 1. The zero-order valence-corrected chi connectivity index (χ0v) is 18.7. The molecular weight excluding hydrogens is 424 g/mol. The fourth-order valence-corrected chi connectivity index (χ4v) is 3.92. The van der Waals surface area contributed by atoms with Gasteiger partial charge in [0.05, 0.1) is 25.6 Å². The van der Waals surface area contributed by atoms with Gasteiger partial charge in [0.1, 0.15) is 5.82 Å². The van der Waals surface area contributed by atoms with Crippen LogP contribution in [0.5, 0.6) is 11.5 Å². The molecule has 1 N–H and O–H groups in total. The van der Waals surface area contributed by atoms with Gasteiger partial charge in [-0.15, -0.1) is 11.3 Å². The van der Waals surface area contributed by atoms with E-state index in [-0.39, 0.29) is 5.91 Å². The number of rotatable bonds is 7. The highest BCUT2D eigenvalue weighted by molar-refractivity contribution is 7.12. The summed E-state index contributed by atoms with van der Waals surface area (Å²) in [5.74, 6) is 1.60. The van der Waals surface area contributed by atoms with Gasteiger partial charge in [-0.05, 0) is 36.8 Å². The maximum absolute atomic E-state index is 12.5. The number of carbonyl (C=O) groups is 1. The SMILES string of the molecule is COc1ccc(-c2csc(-n3nc(C)cc3NC(=O)/C=C/c3ccccc3)n2)cc1OC. The van der Waals surface area contributed by atoms with Crippen LogP contribution in [-0.2, 0) is 4.79 Å². The number of ether oxygens (including phenoxy) is 2. The molecule has 2 aromatic heterocycles. The van der Waals surface area contributed by atoms with Gasteiger partial charge < -0.3 is 14.8 Å². The van der Waals surface area contributed by atoms with Crippen LogP contribution in [0, 0.1) is 6.92 Å². The molecule has 0 aliphatic rings. The highest BCUT2D eigenvalue weighted by atomic mass is 32.1. The van der Waals surface area contributed by atoms with E-state index in [9.17, 15) is 4.79 Å². The minimum Gasteiger partial charge on any atom is -0.493 e. The van der Waals surface area contributed by atoms with Crippen molar-refractivity contribution in [1.29, 1.82) is 0 Å². The second kappa shape index (κ2) is 9.49. The highest BCUT2D eigenvalue weighted by Crippen LogP contribution is 2.33. The van der Waals surface area contributed by atoms with Crippen molar-refractivity contribution in [2.24, 2.45) is 0 Å². The predicted octanol–water partition coefficient (Wildman–Crippen LogP) is 4.97. The number of benzene rings is 2. The van der Waals surface area contributed by atoms with Gasteiger partial charge in [-0.2, -0.15) is 9.78 Å². The molecule has 7 nitrogen and oxygen atoms in total. The van der Waals surface area contributed by atoms with Gasteiger partial charge in [-0.25, -0.2) is 4.98 Å². The third-order valence-electron chi connectivity index (χ3n) is 4.66. The molecule has 0 aliphatic carbocycles. The number of nitrogens with one attached hydrogen (secondary N) is 1. The molecular formula is C24H22N4O3S. The minimum atomic E-state index is -0.244. The van der Waals surface area contributed by atoms with Crippen LogP contribution in [0.25, 0.3) is 22.5 Å². The molecule has 0 spiro atoms. The number of hydrogen-bond donors (Lipinski definition) is 1. The van der Waals surface area contributed by atoms with Gasteiger partial charge in [0.15, 0.2) is 11.5 Å². The van der Waals surface area contributed by atoms with E-state index in [1.54, 1.807) is 25.0 Å². The fraction of sp³-hybridized carbons (Fsp3) is 0.125. The number of thiazole rings is 1. The fourth-order valence-electron chi connectivity index (χ4n) is 3.13. The zero-order valence-electron chi connectivity index (χ0n) is 17.9. The van der Waals surface area contributed by atoms with E-state index in [0.717, 1.165) is 22.5 Å². The van der Waals surface area contributed by atoms with E-state index < -0.39 is 0 Å². The Kier molecular flexibility index (Phi) is 6.32. The van der Waals surface area contributed by atoms with Gasteiger partial charge in [0.2, 0.25) is 11.0 Å². The summed E-state index contributed by atoms with van der Waals surface area (Å²) in [6.45, 7) is 1.87. The lowest BCUT2D eigenvalue weighted by Gasteiger charge is -2.08. The van der Waals surface area contributed by atoms with Gasteiger partial charge in [-0.1, -0.05) is 30.3 Å². The number of carbonyl (C=O) groups excluding carboxylic acids is 1. The maximum Gasteiger partial charge on any atom is 0.249 e. The van der Waals surface area contributed by atoms with Crippen LogP contribution in [0.4, 0.5) is 5.82 Å². The third kappa shape index (κ3) is 4.70. The second-order valence-corrected chi connectivity index (χ2v) is 7.74. The topological polar surface area (TPSA) is 78.3 Å². The average molecular weight is 447 g/mol. The van der Waals surface area contributed by atoms with E-state index in [1.165, 1.54) is 17.4 Å². The summed E-state index contributed by atoms with van der Waals surface area (Å²) in [6, 6.07) is 17.1. The molecule has 2 heterocycles. The summed E-state index contributed by atoms with van der Waals surface area (Å²) in [4.78, 5) is 17.2. The Hall–Kier alpha value is -3.91.